The lowest BCUT2D eigenvalue weighted by atomic mass is 10.0. The number of imidazole rings is 1. The zero-order chi connectivity index (χ0) is 29.1. The van der Waals surface area contributed by atoms with E-state index in [9.17, 15) is 14.3 Å². The predicted octanol–water partition coefficient (Wildman–Crippen LogP) is 5.40. The highest BCUT2D eigenvalue weighted by molar-refractivity contribution is 7.13. The average Bonchev–Trinajstić information content (AvgIpc) is 3.57. The number of ether oxygens (including phenoxy) is 3. The molecule has 0 unspecified atom stereocenters. The van der Waals surface area contributed by atoms with E-state index < -0.39 is 17.6 Å². The highest BCUT2D eigenvalue weighted by atomic mass is 35.5. The average molecular weight is 602 g/mol. The van der Waals surface area contributed by atoms with E-state index in [1.807, 2.05) is 0 Å². The van der Waals surface area contributed by atoms with Crippen LogP contribution < -0.4 is 9.47 Å². The number of pyridine rings is 1. The molecule has 5 aromatic rings. The van der Waals surface area contributed by atoms with Crippen molar-refractivity contribution in [3.05, 3.63) is 81.1 Å². The maximum Gasteiger partial charge on any atom is 0.335 e. The van der Waals surface area contributed by atoms with Crippen LogP contribution in [0.3, 0.4) is 0 Å². The van der Waals surface area contributed by atoms with Crippen molar-refractivity contribution in [1.29, 1.82) is 0 Å². The molecule has 0 fully saturated rings. The van der Waals surface area contributed by atoms with E-state index in [1.165, 1.54) is 43.8 Å². The van der Waals surface area contributed by atoms with Gasteiger partial charge in [0.25, 0.3) is 5.19 Å². The highest BCUT2D eigenvalue weighted by Crippen LogP contribution is 2.31. The van der Waals surface area contributed by atoms with E-state index in [0.29, 0.717) is 27.3 Å². The first kappa shape index (κ1) is 28.3. The molecule has 0 atom stereocenters. The number of carboxylic acids is 1. The summed E-state index contributed by atoms with van der Waals surface area (Å²) in [6.07, 6.45) is 0.0537. The molecule has 0 aliphatic rings. The van der Waals surface area contributed by atoms with Crippen molar-refractivity contribution in [3.63, 3.8) is 0 Å². The molecule has 41 heavy (non-hydrogen) atoms. The first-order valence-electron chi connectivity index (χ1n) is 12.1. The Morgan fingerprint density at radius 3 is 2.66 bits per heavy atom. The summed E-state index contributed by atoms with van der Waals surface area (Å²) in [4.78, 5) is 20.3. The lowest BCUT2D eigenvalue weighted by Crippen LogP contribution is -2.10. The van der Waals surface area contributed by atoms with Gasteiger partial charge in [-0.3, -0.25) is 0 Å². The molecule has 10 nitrogen and oxygen atoms in total. The number of nitrogens with zero attached hydrogens (tertiary/aromatic N) is 5. The van der Waals surface area contributed by atoms with E-state index in [1.54, 1.807) is 22.8 Å². The fourth-order valence-electron chi connectivity index (χ4n) is 4.17. The molecule has 1 N–H and O–H groups in total. The van der Waals surface area contributed by atoms with Gasteiger partial charge in [-0.2, -0.15) is 0 Å². The third-order valence-electron chi connectivity index (χ3n) is 6.10. The number of carbonyl (C=O) groups is 1. The van der Waals surface area contributed by atoms with Gasteiger partial charge in [-0.05, 0) is 35.9 Å². The second-order valence-corrected chi connectivity index (χ2v) is 10.2. The summed E-state index contributed by atoms with van der Waals surface area (Å²) in [5.41, 5.74) is 0.942. The largest absolute Gasteiger partial charge is 0.478 e. The normalized spacial score (nSPS) is 11.2. The first-order valence-corrected chi connectivity index (χ1v) is 13.3. The zero-order valence-corrected chi connectivity index (χ0v) is 23.3. The maximum atomic E-state index is 15.4. The minimum atomic E-state index is -1.27. The molecule has 0 spiro atoms. The number of carboxylic acid groups (broad SMARTS) is 1. The van der Waals surface area contributed by atoms with Crippen molar-refractivity contribution in [2.45, 2.75) is 19.6 Å². The smallest absolute Gasteiger partial charge is 0.335 e. The summed E-state index contributed by atoms with van der Waals surface area (Å²) >= 11 is 7.82. The molecule has 0 amide bonds. The van der Waals surface area contributed by atoms with Crippen molar-refractivity contribution < 1.29 is 32.9 Å². The van der Waals surface area contributed by atoms with Crippen LogP contribution in [-0.4, -0.2) is 56.6 Å². The van der Waals surface area contributed by atoms with E-state index in [0.717, 1.165) is 6.07 Å². The van der Waals surface area contributed by atoms with Crippen molar-refractivity contribution in [1.82, 2.24) is 24.7 Å². The third-order valence-corrected chi connectivity index (χ3v) is 7.31. The number of aromatic carboxylic acids is 1. The summed E-state index contributed by atoms with van der Waals surface area (Å²) in [7, 11) is 3.00. The predicted molar refractivity (Wildman–Crippen MR) is 147 cm³/mol. The molecule has 14 heteroatoms. The Morgan fingerprint density at radius 2 is 1.93 bits per heavy atom. The first-order chi connectivity index (χ1) is 19.8. The van der Waals surface area contributed by atoms with Gasteiger partial charge in [0.15, 0.2) is 10.8 Å². The van der Waals surface area contributed by atoms with E-state index in [4.69, 9.17) is 25.8 Å². The molecule has 0 bridgehead atoms. The number of hydrogen-bond acceptors (Lipinski definition) is 9. The van der Waals surface area contributed by atoms with Crippen molar-refractivity contribution >= 4 is 39.9 Å². The van der Waals surface area contributed by atoms with E-state index in [2.05, 4.69) is 20.2 Å². The maximum absolute atomic E-state index is 15.4. The van der Waals surface area contributed by atoms with Gasteiger partial charge < -0.3 is 23.9 Å². The topological polar surface area (TPSA) is 121 Å². The lowest BCUT2D eigenvalue weighted by Gasteiger charge is -2.12. The number of benzene rings is 2. The van der Waals surface area contributed by atoms with Crippen LogP contribution in [0.4, 0.5) is 8.78 Å². The second-order valence-electron chi connectivity index (χ2n) is 8.72. The van der Waals surface area contributed by atoms with Crippen LogP contribution in [0.15, 0.2) is 42.5 Å². The van der Waals surface area contributed by atoms with Crippen LogP contribution in [0.5, 0.6) is 11.1 Å². The molecule has 0 radical (unpaired) electrons. The Hall–Kier alpha value is -4.20. The number of fused-ring (bicyclic) bond motifs is 1. The minimum absolute atomic E-state index is 0.00214. The van der Waals surface area contributed by atoms with Crippen LogP contribution in [-0.2, 0) is 24.3 Å². The van der Waals surface area contributed by atoms with Gasteiger partial charge in [-0.15, -0.1) is 5.10 Å². The molecular formula is C27H22ClF2N5O5S. The summed E-state index contributed by atoms with van der Waals surface area (Å²) in [6.45, 7) is 0.636. The number of aromatic nitrogens is 5. The Morgan fingerprint density at radius 1 is 1.10 bits per heavy atom. The molecular weight excluding hydrogens is 580 g/mol. The van der Waals surface area contributed by atoms with E-state index in [-0.39, 0.29) is 59.2 Å². The molecule has 5 rings (SSSR count). The fraction of sp³-hybridized carbons (Fsp3) is 0.222. The standard InChI is InChI=1S/C27H22ClF2N5O5S/c1-38-7-6-35-21-10-15(26(36)37)9-19(30)25(21)32-22(35)11-14-8-18(29)16(12-17(14)28)20-4-3-5-23(31-20)40-13-24-33-34-27(39-2)41-24/h3-5,8-10,12H,6-7,11,13H2,1-2H3,(H,36,37). The summed E-state index contributed by atoms with van der Waals surface area (Å²) in [6, 6.07) is 9.94. The summed E-state index contributed by atoms with van der Waals surface area (Å²) < 4.78 is 47.7. The van der Waals surface area contributed by atoms with Crippen LogP contribution in [0.25, 0.3) is 22.3 Å². The monoisotopic (exact) mass is 601 g/mol. The quantitative estimate of drug-likeness (QED) is 0.212. The van der Waals surface area contributed by atoms with Crippen LogP contribution in [0.1, 0.15) is 26.8 Å². The summed E-state index contributed by atoms with van der Waals surface area (Å²) in [5, 5.41) is 18.4. The number of halogens is 3. The van der Waals surface area contributed by atoms with Crippen LogP contribution in [0.2, 0.25) is 5.02 Å². The number of hydrogen-bond donors (Lipinski definition) is 1. The number of methoxy groups -OCH3 is 2. The van der Waals surface area contributed by atoms with Gasteiger partial charge in [-0.1, -0.05) is 34.1 Å². The van der Waals surface area contributed by atoms with Crippen LogP contribution in [0, 0.1) is 11.6 Å². The molecule has 212 valence electrons. The molecule has 0 saturated heterocycles. The molecule has 0 aliphatic carbocycles. The molecule has 2 aromatic carbocycles. The third kappa shape index (κ3) is 6.11. The van der Waals surface area contributed by atoms with Gasteiger partial charge in [0, 0.05) is 36.7 Å². The molecule has 3 heterocycles. The molecule has 0 saturated carbocycles. The van der Waals surface area contributed by atoms with Gasteiger partial charge in [0.2, 0.25) is 5.88 Å². The Labute approximate surface area is 241 Å². The Kier molecular flexibility index (Phi) is 8.38. The molecule has 3 aromatic heterocycles. The van der Waals surface area contributed by atoms with Crippen molar-refractivity contribution in [2.75, 3.05) is 20.8 Å². The Balaban J connectivity index is 1.43. The fourth-order valence-corrected chi connectivity index (χ4v) is 4.97. The van der Waals surface area contributed by atoms with Gasteiger partial charge in [0.1, 0.15) is 23.8 Å². The van der Waals surface area contributed by atoms with Gasteiger partial charge >= 0.3 is 5.97 Å². The molecule has 0 aliphatic heterocycles. The second kappa shape index (κ2) is 12.1. The number of rotatable bonds is 11. The van der Waals surface area contributed by atoms with Gasteiger partial charge in [-0.25, -0.2) is 23.5 Å². The van der Waals surface area contributed by atoms with E-state index >= 15 is 4.39 Å². The van der Waals surface area contributed by atoms with Gasteiger partial charge in [0.05, 0.1) is 30.5 Å². The van der Waals surface area contributed by atoms with Crippen molar-refractivity contribution in [3.8, 4) is 22.3 Å². The summed E-state index contributed by atoms with van der Waals surface area (Å²) in [5.74, 6) is -2.00. The zero-order valence-electron chi connectivity index (χ0n) is 21.7. The SMILES string of the molecule is COCCn1c(Cc2cc(F)c(-c3cccc(OCc4nnc(OC)s4)n3)cc2Cl)nc2c(F)cc(C(=O)O)cc21. The van der Waals surface area contributed by atoms with Crippen molar-refractivity contribution in [2.24, 2.45) is 0 Å². The Bertz CT molecular complexity index is 1750. The minimum Gasteiger partial charge on any atom is -0.478 e. The highest BCUT2D eigenvalue weighted by Gasteiger charge is 2.20. The lowest BCUT2D eigenvalue weighted by molar-refractivity contribution is 0.0696. The van der Waals surface area contributed by atoms with Crippen LogP contribution >= 0.6 is 22.9 Å².